The van der Waals surface area contributed by atoms with Crippen molar-refractivity contribution in [1.29, 1.82) is 0 Å². The van der Waals surface area contributed by atoms with Gasteiger partial charge in [0, 0.05) is 6.42 Å². The summed E-state index contributed by atoms with van der Waals surface area (Å²) in [6, 6.07) is 0. The lowest BCUT2D eigenvalue weighted by atomic mass is 10.2. The van der Waals surface area contributed by atoms with Gasteiger partial charge in [-0.3, -0.25) is 4.79 Å². The van der Waals surface area contributed by atoms with Gasteiger partial charge in [-0.1, -0.05) is 37.6 Å². The molecule has 0 aliphatic rings. The minimum Gasteiger partial charge on any atom is -0.370 e. The fraction of sp³-hybridized carbons (Fsp3) is 0.583. The molecule has 0 spiro atoms. The molecule has 0 aliphatic carbocycles. The first-order chi connectivity index (χ1) is 6.77. The van der Waals surface area contributed by atoms with Gasteiger partial charge in [-0.2, -0.15) is 0 Å². The second-order valence-corrected chi connectivity index (χ2v) is 3.33. The van der Waals surface area contributed by atoms with Crippen LogP contribution in [0.4, 0.5) is 0 Å². The predicted octanol–water partition coefficient (Wildman–Crippen LogP) is 2.94. The molecule has 0 radical (unpaired) electrons. The van der Waals surface area contributed by atoms with Gasteiger partial charge in [0.05, 0.1) is 0 Å². The first-order valence-electron chi connectivity index (χ1n) is 5.35. The first-order valence-corrected chi connectivity index (χ1v) is 5.35. The topological polar surface area (TPSA) is 43.1 Å². The van der Waals surface area contributed by atoms with E-state index in [2.05, 4.69) is 31.2 Å². The third-order valence-corrected chi connectivity index (χ3v) is 1.85. The smallest absolute Gasteiger partial charge is 0.217 e. The van der Waals surface area contributed by atoms with Crippen LogP contribution in [-0.2, 0) is 4.79 Å². The quantitative estimate of drug-likeness (QED) is 0.469. The van der Waals surface area contributed by atoms with Gasteiger partial charge in [0.25, 0.3) is 0 Å². The summed E-state index contributed by atoms with van der Waals surface area (Å²) in [5.41, 5.74) is 5.01. The molecular formula is C12H21NO. The second-order valence-electron chi connectivity index (χ2n) is 3.33. The monoisotopic (exact) mass is 195 g/mol. The van der Waals surface area contributed by atoms with E-state index in [0.29, 0.717) is 6.42 Å². The van der Waals surface area contributed by atoms with Crippen molar-refractivity contribution in [2.45, 2.75) is 45.4 Å². The molecule has 80 valence electrons. The Kier molecular flexibility index (Phi) is 9.28. The minimum atomic E-state index is -0.207. The van der Waals surface area contributed by atoms with Crippen LogP contribution in [0.1, 0.15) is 45.4 Å². The highest BCUT2D eigenvalue weighted by molar-refractivity contribution is 5.73. The van der Waals surface area contributed by atoms with Crippen LogP contribution in [0.5, 0.6) is 0 Å². The van der Waals surface area contributed by atoms with E-state index in [4.69, 9.17) is 5.73 Å². The van der Waals surface area contributed by atoms with E-state index in [1.165, 1.54) is 6.42 Å². The molecule has 0 heterocycles. The van der Waals surface area contributed by atoms with Crippen LogP contribution in [0, 0.1) is 0 Å². The maximum absolute atomic E-state index is 10.4. The van der Waals surface area contributed by atoms with Crippen molar-refractivity contribution in [2.75, 3.05) is 0 Å². The zero-order valence-corrected chi connectivity index (χ0v) is 9.04. The summed E-state index contributed by atoms with van der Waals surface area (Å²) in [6.07, 6.45) is 14.3. The van der Waals surface area contributed by atoms with Gasteiger partial charge in [-0.15, -0.1) is 0 Å². The Hall–Kier alpha value is -1.05. The number of hydrogen-bond acceptors (Lipinski definition) is 1. The van der Waals surface area contributed by atoms with Crippen LogP contribution in [0.15, 0.2) is 24.3 Å². The molecule has 0 atom stereocenters. The number of primary amides is 1. The van der Waals surface area contributed by atoms with Gasteiger partial charge in [-0.25, -0.2) is 0 Å². The van der Waals surface area contributed by atoms with Crippen LogP contribution >= 0.6 is 0 Å². The van der Waals surface area contributed by atoms with Gasteiger partial charge in [-0.05, 0) is 25.7 Å². The molecule has 14 heavy (non-hydrogen) atoms. The van der Waals surface area contributed by atoms with E-state index >= 15 is 0 Å². The molecule has 0 aromatic carbocycles. The van der Waals surface area contributed by atoms with Crippen molar-refractivity contribution < 1.29 is 4.79 Å². The number of carbonyl (C=O) groups excluding carboxylic acids is 1. The van der Waals surface area contributed by atoms with E-state index in [1.54, 1.807) is 0 Å². The molecular weight excluding hydrogens is 174 g/mol. The third-order valence-electron chi connectivity index (χ3n) is 1.85. The Bertz CT molecular complexity index is 194. The lowest BCUT2D eigenvalue weighted by molar-refractivity contribution is -0.118. The van der Waals surface area contributed by atoms with E-state index in [0.717, 1.165) is 25.7 Å². The number of rotatable bonds is 8. The summed E-state index contributed by atoms with van der Waals surface area (Å²) in [4.78, 5) is 10.4. The molecule has 0 saturated heterocycles. The Morgan fingerprint density at radius 3 is 2.36 bits per heavy atom. The summed E-state index contributed by atoms with van der Waals surface area (Å²) >= 11 is 0. The molecule has 2 nitrogen and oxygen atoms in total. The average molecular weight is 195 g/mol. The average Bonchev–Trinajstić information content (AvgIpc) is 2.15. The molecule has 0 unspecified atom stereocenters. The predicted molar refractivity (Wildman–Crippen MR) is 60.9 cm³/mol. The Morgan fingerprint density at radius 2 is 1.79 bits per heavy atom. The molecule has 0 bridgehead atoms. The van der Waals surface area contributed by atoms with Crippen molar-refractivity contribution in [3.63, 3.8) is 0 Å². The zero-order chi connectivity index (χ0) is 10.6. The minimum absolute atomic E-state index is 0.207. The molecule has 2 N–H and O–H groups in total. The number of amides is 1. The van der Waals surface area contributed by atoms with E-state index in [1.807, 2.05) is 0 Å². The molecule has 0 aromatic rings. The lowest BCUT2D eigenvalue weighted by Gasteiger charge is -1.90. The maximum atomic E-state index is 10.4. The standard InChI is InChI=1S/C12H21NO/c1-2-3-4-5-6-7-8-9-10-11-12(13)14/h4-5,7-8H,2-3,6,9-11H2,1H3,(H2,13,14)/b5-4-,8-7-. The Labute approximate surface area is 86.9 Å². The highest BCUT2D eigenvalue weighted by Crippen LogP contribution is 1.98. The van der Waals surface area contributed by atoms with E-state index < -0.39 is 0 Å². The Balaban J connectivity index is 3.23. The number of hydrogen-bond donors (Lipinski definition) is 1. The van der Waals surface area contributed by atoms with Crippen LogP contribution < -0.4 is 5.73 Å². The molecule has 0 saturated carbocycles. The summed E-state index contributed by atoms with van der Waals surface area (Å²) < 4.78 is 0. The van der Waals surface area contributed by atoms with Crippen molar-refractivity contribution in [1.82, 2.24) is 0 Å². The maximum Gasteiger partial charge on any atom is 0.217 e. The zero-order valence-electron chi connectivity index (χ0n) is 9.04. The van der Waals surface area contributed by atoms with Gasteiger partial charge < -0.3 is 5.73 Å². The fourth-order valence-electron chi connectivity index (χ4n) is 1.07. The summed E-state index contributed by atoms with van der Waals surface area (Å²) in [7, 11) is 0. The molecule has 2 heteroatoms. The van der Waals surface area contributed by atoms with Gasteiger partial charge >= 0.3 is 0 Å². The summed E-state index contributed by atoms with van der Waals surface area (Å²) in [5.74, 6) is -0.207. The van der Waals surface area contributed by atoms with Crippen molar-refractivity contribution in [2.24, 2.45) is 5.73 Å². The summed E-state index contributed by atoms with van der Waals surface area (Å²) in [5, 5.41) is 0. The molecule has 0 aromatic heterocycles. The third kappa shape index (κ3) is 11.0. The molecule has 1 amide bonds. The van der Waals surface area contributed by atoms with Crippen molar-refractivity contribution >= 4 is 5.91 Å². The van der Waals surface area contributed by atoms with Gasteiger partial charge in [0.2, 0.25) is 5.91 Å². The van der Waals surface area contributed by atoms with Crippen LogP contribution in [-0.4, -0.2) is 5.91 Å². The molecule has 0 aliphatic heterocycles. The number of nitrogens with two attached hydrogens (primary N) is 1. The van der Waals surface area contributed by atoms with Crippen LogP contribution in [0.25, 0.3) is 0 Å². The van der Waals surface area contributed by atoms with Crippen LogP contribution in [0.3, 0.4) is 0 Å². The first kappa shape index (κ1) is 12.9. The molecule has 0 fully saturated rings. The second kappa shape index (κ2) is 10.0. The normalized spacial score (nSPS) is 11.5. The largest absolute Gasteiger partial charge is 0.370 e. The highest BCUT2D eigenvalue weighted by atomic mass is 16.1. The highest BCUT2D eigenvalue weighted by Gasteiger charge is 1.90. The van der Waals surface area contributed by atoms with E-state index in [-0.39, 0.29) is 5.91 Å². The summed E-state index contributed by atoms with van der Waals surface area (Å²) in [6.45, 7) is 2.17. The van der Waals surface area contributed by atoms with Crippen molar-refractivity contribution in [3.05, 3.63) is 24.3 Å². The number of allylic oxidation sites excluding steroid dienone is 4. The fourth-order valence-corrected chi connectivity index (χ4v) is 1.07. The lowest BCUT2D eigenvalue weighted by Crippen LogP contribution is -2.09. The van der Waals surface area contributed by atoms with Crippen LogP contribution in [0.2, 0.25) is 0 Å². The Morgan fingerprint density at radius 1 is 1.14 bits per heavy atom. The van der Waals surface area contributed by atoms with E-state index in [9.17, 15) is 4.79 Å². The number of carbonyl (C=O) groups is 1. The van der Waals surface area contributed by atoms with Gasteiger partial charge in [0.15, 0.2) is 0 Å². The van der Waals surface area contributed by atoms with Gasteiger partial charge in [0.1, 0.15) is 0 Å². The number of unbranched alkanes of at least 4 members (excludes halogenated alkanes) is 2. The SMILES string of the molecule is CCC/C=C\C/C=C\CCCC(N)=O. The van der Waals surface area contributed by atoms with Crippen molar-refractivity contribution in [3.8, 4) is 0 Å². The molecule has 0 rings (SSSR count).